The van der Waals surface area contributed by atoms with Crippen molar-refractivity contribution >= 4 is 50.9 Å². The van der Waals surface area contributed by atoms with Gasteiger partial charge in [-0.05, 0) is 48.8 Å². The summed E-state index contributed by atoms with van der Waals surface area (Å²) in [5.41, 5.74) is 1.69. The third-order valence-corrected chi connectivity index (χ3v) is 6.16. The van der Waals surface area contributed by atoms with Crippen LogP contribution in [-0.4, -0.2) is 26.4 Å². The number of aromatic nitrogens is 2. The van der Waals surface area contributed by atoms with Crippen molar-refractivity contribution in [3.63, 3.8) is 0 Å². The monoisotopic (exact) mass is 462 g/mol. The molecule has 0 saturated heterocycles. The van der Waals surface area contributed by atoms with E-state index in [1.807, 2.05) is 18.4 Å². The van der Waals surface area contributed by atoms with Crippen LogP contribution in [0.3, 0.4) is 0 Å². The highest BCUT2D eigenvalue weighted by Gasteiger charge is 2.37. The Morgan fingerprint density at radius 2 is 2.08 bits per heavy atom. The molecule has 3 rings (SSSR count). The van der Waals surface area contributed by atoms with Gasteiger partial charge in [0.1, 0.15) is 5.15 Å². The molecule has 2 N–H and O–H groups in total. The Morgan fingerprint density at radius 3 is 2.76 bits per heavy atom. The number of hydrogen-bond acceptors (Lipinski definition) is 5. The maximum atomic E-state index is 11.4. The number of aliphatic hydroxyl groups excluding tert-OH is 1. The van der Waals surface area contributed by atoms with Crippen molar-refractivity contribution in [1.82, 2.24) is 9.97 Å². The highest BCUT2D eigenvalue weighted by atomic mass is 79.9. The second kappa shape index (κ2) is 7.71. The topological polar surface area (TPSA) is 66.2 Å². The first-order valence-electron chi connectivity index (χ1n) is 7.79. The molecule has 25 heavy (non-hydrogen) atoms. The smallest absolute Gasteiger partial charge is 0.188 e. The van der Waals surface area contributed by atoms with Gasteiger partial charge in [-0.15, -0.1) is 0 Å². The number of nitrogens with zero attached hydrogens (tertiary/aromatic N) is 2. The van der Waals surface area contributed by atoms with Crippen molar-refractivity contribution in [1.29, 1.82) is 0 Å². The Morgan fingerprint density at radius 1 is 1.32 bits per heavy atom. The summed E-state index contributed by atoms with van der Waals surface area (Å²) in [6, 6.07) is 3.76. The zero-order valence-corrected chi connectivity index (χ0v) is 17.4. The van der Waals surface area contributed by atoms with E-state index in [0.29, 0.717) is 27.9 Å². The fraction of sp³-hybridized carbons (Fsp3) is 0.412. The van der Waals surface area contributed by atoms with Crippen LogP contribution in [0.1, 0.15) is 35.2 Å². The summed E-state index contributed by atoms with van der Waals surface area (Å²) in [6.45, 7) is -0.273. The highest BCUT2D eigenvalue weighted by molar-refractivity contribution is 9.10. The molecule has 0 bridgehead atoms. The second-order valence-corrected chi connectivity index (χ2v) is 8.51. The van der Waals surface area contributed by atoms with Crippen LogP contribution in [0.25, 0.3) is 0 Å². The van der Waals surface area contributed by atoms with Gasteiger partial charge in [0.25, 0.3) is 0 Å². The van der Waals surface area contributed by atoms with E-state index in [9.17, 15) is 10.2 Å². The van der Waals surface area contributed by atoms with E-state index in [1.54, 1.807) is 0 Å². The van der Waals surface area contributed by atoms with Crippen LogP contribution in [0.2, 0.25) is 10.2 Å². The molecule has 4 nitrogen and oxygen atoms in total. The Bertz CT molecular complexity index is 822. The van der Waals surface area contributed by atoms with E-state index >= 15 is 0 Å². The molecular weight excluding hydrogens is 447 g/mol. The van der Waals surface area contributed by atoms with Crippen LogP contribution in [0.5, 0.6) is 0 Å². The molecule has 1 unspecified atom stereocenters. The van der Waals surface area contributed by atoms with Crippen LogP contribution in [-0.2, 0) is 25.0 Å². The Kier molecular flexibility index (Phi) is 5.98. The molecule has 1 aliphatic rings. The van der Waals surface area contributed by atoms with Gasteiger partial charge in [0, 0.05) is 21.5 Å². The summed E-state index contributed by atoms with van der Waals surface area (Å²) in [5.74, 6) is 0. The number of rotatable bonds is 4. The number of halogens is 3. The third kappa shape index (κ3) is 3.84. The van der Waals surface area contributed by atoms with Crippen LogP contribution in [0, 0.1) is 0 Å². The molecule has 0 fully saturated rings. The van der Waals surface area contributed by atoms with Crippen LogP contribution < -0.4 is 0 Å². The lowest BCUT2D eigenvalue weighted by Crippen LogP contribution is -2.34. The van der Waals surface area contributed by atoms with Crippen molar-refractivity contribution in [3.05, 3.63) is 49.2 Å². The van der Waals surface area contributed by atoms with E-state index in [4.69, 9.17) is 23.2 Å². The van der Waals surface area contributed by atoms with Crippen molar-refractivity contribution < 1.29 is 10.2 Å². The van der Waals surface area contributed by atoms with Crippen molar-refractivity contribution in [2.24, 2.45) is 0 Å². The zero-order chi connectivity index (χ0) is 18.2. The van der Waals surface area contributed by atoms with Gasteiger partial charge >= 0.3 is 0 Å². The molecule has 0 radical (unpaired) electrons. The number of benzene rings is 1. The average molecular weight is 464 g/mol. The van der Waals surface area contributed by atoms with E-state index in [0.717, 1.165) is 28.4 Å². The minimum absolute atomic E-state index is 0.226. The van der Waals surface area contributed by atoms with Gasteiger partial charge in [-0.1, -0.05) is 50.9 Å². The molecule has 8 heteroatoms. The highest BCUT2D eigenvalue weighted by Crippen LogP contribution is 2.42. The third-order valence-electron chi connectivity index (χ3n) is 4.50. The van der Waals surface area contributed by atoms with Gasteiger partial charge in [-0.2, -0.15) is 0 Å². The standard InChI is InChI=1S/C17H17BrCl2N2O2S/c1-25-16-21-14(11(8-23)15(20)22-16)7-17(24)4-2-3-10-12(17)5-9(18)6-13(10)19/h5-6,23-24H,2-4,7-8H2,1H3. The largest absolute Gasteiger partial charge is 0.391 e. The van der Waals surface area contributed by atoms with Crippen LogP contribution >= 0.6 is 50.9 Å². The van der Waals surface area contributed by atoms with Crippen molar-refractivity contribution in [2.45, 2.75) is 43.0 Å². The average Bonchev–Trinajstić information content (AvgIpc) is 2.55. The number of hydrogen-bond donors (Lipinski definition) is 2. The van der Waals surface area contributed by atoms with Gasteiger partial charge in [-0.3, -0.25) is 0 Å². The van der Waals surface area contributed by atoms with E-state index in [-0.39, 0.29) is 18.2 Å². The fourth-order valence-corrected chi connectivity index (χ4v) is 4.88. The fourth-order valence-electron chi connectivity index (χ4n) is 3.30. The minimum Gasteiger partial charge on any atom is -0.391 e. The number of fused-ring (bicyclic) bond motifs is 1. The molecule has 0 amide bonds. The van der Waals surface area contributed by atoms with E-state index in [2.05, 4.69) is 25.9 Å². The quantitative estimate of drug-likeness (QED) is 0.396. The molecule has 1 heterocycles. The Balaban J connectivity index is 2.09. The molecule has 1 aromatic carbocycles. The molecule has 0 saturated carbocycles. The molecule has 0 spiro atoms. The maximum Gasteiger partial charge on any atom is 0.188 e. The number of aliphatic hydroxyl groups is 2. The molecule has 0 aliphatic heterocycles. The maximum absolute atomic E-state index is 11.4. The van der Waals surface area contributed by atoms with Gasteiger partial charge in [0.05, 0.1) is 17.9 Å². The summed E-state index contributed by atoms with van der Waals surface area (Å²) in [5, 5.41) is 22.5. The number of thioether (sulfide) groups is 1. The van der Waals surface area contributed by atoms with Crippen molar-refractivity contribution in [2.75, 3.05) is 6.26 Å². The van der Waals surface area contributed by atoms with Crippen molar-refractivity contribution in [3.8, 4) is 0 Å². The zero-order valence-electron chi connectivity index (χ0n) is 13.5. The molecule has 1 aromatic heterocycles. The molecule has 2 aromatic rings. The van der Waals surface area contributed by atoms with Crippen LogP contribution in [0.4, 0.5) is 0 Å². The SMILES string of the molecule is CSc1nc(Cl)c(CO)c(CC2(O)CCCc3c(Cl)cc(Br)cc32)n1. The van der Waals surface area contributed by atoms with E-state index < -0.39 is 5.60 Å². The first-order valence-corrected chi connectivity index (χ1v) is 10.6. The molecule has 1 aliphatic carbocycles. The van der Waals surface area contributed by atoms with Gasteiger partial charge < -0.3 is 10.2 Å². The lowest BCUT2D eigenvalue weighted by molar-refractivity contribution is 0.0174. The molecule has 134 valence electrons. The summed E-state index contributed by atoms with van der Waals surface area (Å²) in [6.07, 6.45) is 4.35. The lowest BCUT2D eigenvalue weighted by Gasteiger charge is -2.35. The first kappa shape index (κ1) is 19.4. The predicted octanol–water partition coefficient (Wildman–Crippen LogP) is 4.53. The normalized spacial score (nSPS) is 19.8. The molecular formula is C17H17BrCl2N2O2S. The van der Waals surface area contributed by atoms with Crippen LogP contribution in [0.15, 0.2) is 21.8 Å². The Hall–Kier alpha value is -0.370. The minimum atomic E-state index is -1.11. The second-order valence-electron chi connectivity index (χ2n) is 6.06. The summed E-state index contributed by atoms with van der Waals surface area (Å²) in [7, 11) is 0. The predicted molar refractivity (Wildman–Crippen MR) is 104 cm³/mol. The summed E-state index contributed by atoms with van der Waals surface area (Å²) >= 11 is 17.4. The Labute approximate surface area is 169 Å². The van der Waals surface area contributed by atoms with E-state index in [1.165, 1.54) is 11.8 Å². The lowest BCUT2D eigenvalue weighted by atomic mass is 9.76. The summed E-state index contributed by atoms with van der Waals surface area (Å²) in [4.78, 5) is 8.64. The van der Waals surface area contributed by atoms with Gasteiger partial charge in [-0.25, -0.2) is 9.97 Å². The molecule has 1 atom stereocenters. The van der Waals surface area contributed by atoms with Gasteiger partial charge in [0.15, 0.2) is 5.16 Å². The first-order chi connectivity index (χ1) is 11.9. The van der Waals surface area contributed by atoms with Gasteiger partial charge in [0.2, 0.25) is 0 Å². The summed E-state index contributed by atoms with van der Waals surface area (Å²) < 4.78 is 0.824.